The van der Waals surface area contributed by atoms with Crippen molar-refractivity contribution in [3.63, 3.8) is 0 Å². The Morgan fingerprint density at radius 1 is 1.18 bits per heavy atom. The standard InChI is InChI=1S/C15H19N3O4/c1-22-9-8-16-14(20)15(21)18-12-5-3-2-4-11(12)13(19)17-10-6-7-10/h2-5,10H,6-9H2,1H3,(H,16,20)(H,17,19)(H,18,21). The third-order valence-electron chi connectivity index (χ3n) is 3.13. The zero-order valence-corrected chi connectivity index (χ0v) is 12.3. The van der Waals surface area contributed by atoms with Crippen molar-refractivity contribution in [2.24, 2.45) is 0 Å². The molecule has 1 aliphatic rings. The van der Waals surface area contributed by atoms with Crippen LogP contribution in [0.1, 0.15) is 23.2 Å². The Morgan fingerprint density at radius 2 is 1.91 bits per heavy atom. The summed E-state index contributed by atoms with van der Waals surface area (Å²) in [4.78, 5) is 35.5. The van der Waals surface area contributed by atoms with Gasteiger partial charge in [0.15, 0.2) is 0 Å². The predicted molar refractivity (Wildman–Crippen MR) is 80.4 cm³/mol. The van der Waals surface area contributed by atoms with Gasteiger partial charge in [0.2, 0.25) is 0 Å². The molecule has 0 heterocycles. The van der Waals surface area contributed by atoms with Gasteiger partial charge in [-0.3, -0.25) is 14.4 Å². The van der Waals surface area contributed by atoms with Gasteiger partial charge in [0.05, 0.1) is 17.9 Å². The van der Waals surface area contributed by atoms with Gasteiger partial charge in [0.25, 0.3) is 5.91 Å². The highest BCUT2D eigenvalue weighted by Gasteiger charge is 2.25. The Hall–Kier alpha value is -2.41. The molecule has 0 aromatic heterocycles. The number of benzene rings is 1. The van der Waals surface area contributed by atoms with E-state index < -0.39 is 11.8 Å². The normalized spacial score (nSPS) is 13.3. The largest absolute Gasteiger partial charge is 0.383 e. The molecule has 1 aliphatic carbocycles. The van der Waals surface area contributed by atoms with Gasteiger partial charge >= 0.3 is 11.8 Å². The molecule has 0 radical (unpaired) electrons. The van der Waals surface area contributed by atoms with Gasteiger partial charge < -0.3 is 20.7 Å². The Labute approximate surface area is 128 Å². The summed E-state index contributed by atoms with van der Waals surface area (Å²) >= 11 is 0. The Balaban J connectivity index is 1.97. The van der Waals surface area contributed by atoms with Crippen LogP contribution >= 0.6 is 0 Å². The summed E-state index contributed by atoms with van der Waals surface area (Å²) in [5.41, 5.74) is 0.653. The fourth-order valence-corrected chi connectivity index (χ4v) is 1.81. The number of para-hydroxylation sites is 1. The van der Waals surface area contributed by atoms with Crippen LogP contribution in [0.4, 0.5) is 5.69 Å². The Morgan fingerprint density at radius 3 is 2.59 bits per heavy atom. The monoisotopic (exact) mass is 305 g/mol. The lowest BCUT2D eigenvalue weighted by molar-refractivity contribution is -0.136. The lowest BCUT2D eigenvalue weighted by Crippen LogP contribution is -2.37. The average molecular weight is 305 g/mol. The van der Waals surface area contributed by atoms with Crippen molar-refractivity contribution in [2.75, 3.05) is 25.6 Å². The van der Waals surface area contributed by atoms with Crippen LogP contribution in [-0.4, -0.2) is 44.0 Å². The number of ether oxygens (including phenoxy) is 1. The van der Waals surface area contributed by atoms with Crippen LogP contribution in [0.5, 0.6) is 0 Å². The summed E-state index contributed by atoms with van der Waals surface area (Å²) in [6, 6.07) is 6.80. The summed E-state index contributed by atoms with van der Waals surface area (Å²) in [6.45, 7) is 0.561. The zero-order valence-electron chi connectivity index (χ0n) is 12.3. The van der Waals surface area contributed by atoms with E-state index in [1.165, 1.54) is 7.11 Å². The molecule has 7 heteroatoms. The maximum atomic E-state index is 12.1. The zero-order chi connectivity index (χ0) is 15.9. The smallest absolute Gasteiger partial charge is 0.313 e. The van der Waals surface area contributed by atoms with Crippen LogP contribution < -0.4 is 16.0 Å². The molecule has 0 atom stereocenters. The molecule has 3 N–H and O–H groups in total. The van der Waals surface area contributed by atoms with Gasteiger partial charge in [-0.15, -0.1) is 0 Å². The number of rotatable bonds is 6. The second kappa shape index (κ2) is 7.56. The minimum Gasteiger partial charge on any atom is -0.383 e. The first-order chi connectivity index (χ1) is 10.6. The first-order valence-electron chi connectivity index (χ1n) is 7.10. The van der Waals surface area contributed by atoms with Crippen molar-refractivity contribution in [3.05, 3.63) is 29.8 Å². The Kier molecular flexibility index (Phi) is 5.48. The first kappa shape index (κ1) is 16.0. The lowest BCUT2D eigenvalue weighted by Gasteiger charge is -2.11. The summed E-state index contributed by atoms with van der Waals surface area (Å²) in [6.07, 6.45) is 1.95. The second-order valence-corrected chi connectivity index (χ2v) is 5.00. The molecule has 1 saturated carbocycles. The molecular weight excluding hydrogens is 286 g/mol. The molecule has 22 heavy (non-hydrogen) atoms. The minimum atomic E-state index is -0.817. The summed E-state index contributed by atoms with van der Waals surface area (Å²) in [5, 5.41) is 7.72. The van der Waals surface area contributed by atoms with E-state index in [-0.39, 0.29) is 18.5 Å². The van der Waals surface area contributed by atoms with Crippen LogP contribution in [-0.2, 0) is 14.3 Å². The second-order valence-electron chi connectivity index (χ2n) is 5.00. The van der Waals surface area contributed by atoms with Gasteiger partial charge in [-0.1, -0.05) is 12.1 Å². The number of hydrogen-bond donors (Lipinski definition) is 3. The predicted octanol–water partition coefficient (Wildman–Crippen LogP) is 0.280. The number of carbonyl (C=O) groups excluding carboxylic acids is 3. The van der Waals surface area contributed by atoms with E-state index in [0.29, 0.717) is 17.9 Å². The average Bonchev–Trinajstić information content (AvgIpc) is 3.31. The first-order valence-corrected chi connectivity index (χ1v) is 7.10. The van der Waals surface area contributed by atoms with E-state index in [2.05, 4.69) is 16.0 Å². The maximum absolute atomic E-state index is 12.1. The number of hydrogen-bond acceptors (Lipinski definition) is 4. The molecule has 0 aliphatic heterocycles. The van der Waals surface area contributed by atoms with E-state index in [4.69, 9.17) is 4.74 Å². The van der Waals surface area contributed by atoms with Crippen LogP contribution in [0.3, 0.4) is 0 Å². The van der Waals surface area contributed by atoms with Crippen molar-refractivity contribution in [2.45, 2.75) is 18.9 Å². The third kappa shape index (κ3) is 4.56. The Bertz CT molecular complexity index is 570. The summed E-state index contributed by atoms with van der Waals surface area (Å²) in [7, 11) is 1.50. The molecule has 1 fully saturated rings. The SMILES string of the molecule is COCCNC(=O)C(=O)Nc1ccccc1C(=O)NC1CC1. The molecule has 2 rings (SSSR count). The van der Waals surface area contributed by atoms with E-state index in [1.54, 1.807) is 24.3 Å². The highest BCUT2D eigenvalue weighted by atomic mass is 16.5. The van der Waals surface area contributed by atoms with Crippen molar-refractivity contribution in [3.8, 4) is 0 Å². The highest BCUT2D eigenvalue weighted by Crippen LogP contribution is 2.21. The molecule has 118 valence electrons. The number of amides is 3. The van der Waals surface area contributed by atoms with Crippen molar-refractivity contribution < 1.29 is 19.1 Å². The molecule has 0 unspecified atom stereocenters. The molecular formula is C15H19N3O4. The van der Waals surface area contributed by atoms with Crippen LogP contribution in [0, 0.1) is 0 Å². The molecule has 0 saturated heterocycles. The maximum Gasteiger partial charge on any atom is 0.313 e. The van der Waals surface area contributed by atoms with Crippen LogP contribution in [0.15, 0.2) is 24.3 Å². The van der Waals surface area contributed by atoms with Gasteiger partial charge in [0, 0.05) is 19.7 Å². The van der Waals surface area contributed by atoms with Gasteiger partial charge in [-0.05, 0) is 25.0 Å². The molecule has 1 aromatic carbocycles. The number of anilines is 1. The molecule has 1 aromatic rings. The van der Waals surface area contributed by atoms with Crippen molar-refractivity contribution in [1.82, 2.24) is 10.6 Å². The molecule has 7 nitrogen and oxygen atoms in total. The molecule has 0 spiro atoms. The quantitative estimate of drug-likeness (QED) is 0.519. The van der Waals surface area contributed by atoms with Crippen molar-refractivity contribution in [1.29, 1.82) is 0 Å². The van der Waals surface area contributed by atoms with Crippen molar-refractivity contribution >= 4 is 23.4 Å². The van der Waals surface area contributed by atoms with E-state index in [9.17, 15) is 14.4 Å². The highest BCUT2D eigenvalue weighted by molar-refractivity contribution is 6.40. The summed E-state index contributed by atoms with van der Waals surface area (Å²) < 4.78 is 4.78. The number of methoxy groups -OCH3 is 1. The van der Waals surface area contributed by atoms with Gasteiger partial charge in [0.1, 0.15) is 0 Å². The van der Waals surface area contributed by atoms with E-state index in [1.807, 2.05) is 0 Å². The lowest BCUT2D eigenvalue weighted by atomic mass is 10.1. The fraction of sp³-hybridized carbons (Fsp3) is 0.400. The summed E-state index contributed by atoms with van der Waals surface area (Å²) in [5.74, 6) is -1.84. The van der Waals surface area contributed by atoms with Gasteiger partial charge in [-0.2, -0.15) is 0 Å². The molecule has 3 amide bonds. The minimum absolute atomic E-state index is 0.216. The van der Waals surface area contributed by atoms with E-state index in [0.717, 1.165) is 12.8 Å². The fourth-order valence-electron chi connectivity index (χ4n) is 1.81. The molecule has 0 bridgehead atoms. The third-order valence-corrected chi connectivity index (χ3v) is 3.13. The van der Waals surface area contributed by atoms with Crippen LogP contribution in [0.2, 0.25) is 0 Å². The van der Waals surface area contributed by atoms with E-state index >= 15 is 0 Å². The number of carbonyl (C=O) groups is 3. The topological polar surface area (TPSA) is 96.5 Å². The van der Waals surface area contributed by atoms with Gasteiger partial charge in [-0.25, -0.2) is 0 Å². The van der Waals surface area contributed by atoms with Crippen LogP contribution in [0.25, 0.3) is 0 Å². The number of nitrogens with one attached hydrogen (secondary N) is 3.